The fourth-order valence-electron chi connectivity index (χ4n) is 11.5. The van der Waals surface area contributed by atoms with Crippen molar-refractivity contribution in [1.82, 2.24) is 90.0 Å². The maximum atomic E-state index is 14.6. The van der Waals surface area contributed by atoms with Crippen molar-refractivity contribution in [3.63, 3.8) is 0 Å². The maximum absolute atomic E-state index is 14.6. The first kappa shape index (κ1) is 105. The molecule has 38 N–H and O–H groups in total. The first-order chi connectivity index (χ1) is 55.9. The van der Waals surface area contributed by atoms with Crippen LogP contribution in [0.15, 0.2) is 0 Å². The lowest BCUT2D eigenvalue weighted by molar-refractivity contribution is -0.145. The van der Waals surface area contributed by atoms with E-state index in [-0.39, 0.29) is 95.7 Å². The molecule has 1 aliphatic heterocycles. The van der Waals surface area contributed by atoms with Gasteiger partial charge in [0.25, 0.3) is 0 Å². The van der Waals surface area contributed by atoms with Gasteiger partial charge in [-0.05, 0) is 96.8 Å². The summed E-state index contributed by atoms with van der Waals surface area (Å²) in [6, 6.07) is -25.3. The standard InChI is InChI=1S/C68H118N28O23S/c1-28(2)22-37(89-58(111)38(23-45(71)99)90-59(112)39(24-46(72)100)92-63(116)49(29(3)4)94-61(114)40(25-47(73)101)88-53(106)33(69)12-8-18-80-66(74)75)57(110)84-30(5)51(104)85-35(14-10-20-82-68(78)79)56(109)95-50(32(7)97)64(117)96-21-11-15-43(96)62(115)91-41(26-48(102)103)60(113)86-34(13-9-19-81-67(76)77)55(108)87-36(16-17-44(70)98)54(107)83-31(6)52(105)93-42(27-120)65(118)119/h28-43,49-50,97,120H,8-27,69H2,1-7H3,(H2,70,98)(H2,71,99)(H2,72,100)(H2,73,101)(H,83,107)(H,84,110)(H,85,104)(H,86,113)(H,87,108)(H,88,106)(H,89,111)(H,90,112)(H,91,115)(H,92,116)(H,93,105)(H,94,114)(H,95,109)(H,102,103)(H,118,119)(H4,74,75,80)(H4,76,77,81)(H4,78,79,82)/t30-,31-,32+,33-,34-,35-,36-,37-,38-,39-,40-,41-,42-,43-,49-,50-/m0/s1. The van der Waals surface area contributed by atoms with Crippen LogP contribution >= 0.6 is 12.6 Å². The van der Waals surface area contributed by atoms with E-state index in [1.807, 2.05) is 0 Å². The summed E-state index contributed by atoms with van der Waals surface area (Å²) in [5.74, 6) is -26.5. The third kappa shape index (κ3) is 40.1. The molecule has 0 aliphatic carbocycles. The predicted octanol–water partition coefficient (Wildman–Crippen LogP) is -13.1. The van der Waals surface area contributed by atoms with Crippen LogP contribution < -0.4 is 131 Å². The fraction of sp³-hybridized carbons (Fsp3) is 0.662. The lowest BCUT2D eigenvalue weighted by Crippen LogP contribution is -2.62. The summed E-state index contributed by atoms with van der Waals surface area (Å²) in [5, 5.41) is 90.4. The van der Waals surface area contributed by atoms with E-state index in [0.717, 1.165) is 25.7 Å². The Morgan fingerprint density at radius 3 is 1.16 bits per heavy atom. The SMILES string of the molecule is CC(C)C[C@H](NC(=O)[C@H](CC(N)=O)NC(=O)[C@H](CC(N)=O)NC(=O)[C@@H](NC(=O)[C@H](CC(N)=O)NC(=O)[C@@H](N)CCCNC(=N)N)C(C)C)C(=O)N[C@@H](C)C(=O)N[C@@H](CCCNC(=N)N)C(=O)N[C@H](C(=O)N1CCC[C@H]1C(=O)N[C@@H](CC(=O)O)C(=O)N[C@@H](CCCNC(=N)N)C(=O)N[C@@H](CCC(N)=O)C(=O)N[C@@H](C)C(=O)N[C@@H](CS)C(=O)O)[C@@H](C)O. The van der Waals surface area contributed by atoms with E-state index in [2.05, 4.69) is 97.7 Å². The molecule has 1 rings (SSSR count). The van der Waals surface area contributed by atoms with E-state index < -0.39 is 277 Å². The molecular formula is C68H118N28O23S. The Kier molecular flexibility index (Phi) is 46.6. The third-order valence-electron chi connectivity index (χ3n) is 17.8. The second-order valence-electron chi connectivity index (χ2n) is 29.0. The van der Waals surface area contributed by atoms with Crippen molar-refractivity contribution < 1.29 is 111 Å². The molecule has 0 radical (unpaired) electrons. The van der Waals surface area contributed by atoms with Crippen molar-refractivity contribution in [2.75, 3.05) is 31.9 Å². The van der Waals surface area contributed by atoms with Gasteiger partial charge in [-0.1, -0.05) is 27.7 Å². The molecular weight excluding hydrogens is 1610 g/mol. The van der Waals surface area contributed by atoms with Crippen molar-refractivity contribution in [2.45, 2.75) is 242 Å². The number of likely N-dealkylation sites (tertiary alicyclic amines) is 1. The number of guanidine groups is 3. The number of carbonyl (C=O) groups excluding carboxylic acids is 18. The largest absolute Gasteiger partial charge is 0.481 e. The zero-order chi connectivity index (χ0) is 91.7. The molecule has 1 saturated heterocycles. The molecule has 0 aromatic rings. The van der Waals surface area contributed by atoms with Crippen LogP contribution in [0.2, 0.25) is 0 Å². The number of carboxylic acid groups (broad SMARTS) is 2. The van der Waals surface area contributed by atoms with Gasteiger partial charge in [-0.15, -0.1) is 0 Å². The van der Waals surface area contributed by atoms with Crippen molar-refractivity contribution in [1.29, 1.82) is 16.2 Å². The normalized spacial score (nSPS) is 16.0. The number of nitrogens with one attached hydrogen (secondary N) is 19. The number of hydrogen-bond donors (Lipinski definition) is 31. The number of primary amides is 4. The molecule has 0 spiro atoms. The van der Waals surface area contributed by atoms with E-state index in [4.69, 9.17) is 62.1 Å². The Labute approximate surface area is 694 Å². The molecule has 674 valence electrons. The van der Waals surface area contributed by atoms with Crippen molar-refractivity contribution >= 4 is 149 Å². The summed E-state index contributed by atoms with van der Waals surface area (Å²) < 4.78 is 0. The summed E-state index contributed by atoms with van der Waals surface area (Å²) in [7, 11) is 0. The molecule has 1 fully saturated rings. The van der Waals surface area contributed by atoms with Crippen molar-refractivity contribution in [2.24, 2.45) is 57.7 Å². The molecule has 0 saturated carbocycles. The average Bonchev–Trinajstić information content (AvgIpc) is 1.55. The lowest BCUT2D eigenvalue weighted by Gasteiger charge is -2.32. The average molecular weight is 1730 g/mol. The number of amides is 18. The minimum absolute atomic E-state index is 0.0231. The van der Waals surface area contributed by atoms with Gasteiger partial charge in [0, 0.05) is 38.4 Å². The predicted molar refractivity (Wildman–Crippen MR) is 426 cm³/mol. The van der Waals surface area contributed by atoms with Gasteiger partial charge < -0.3 is 151 Å². The maximum Gasteiger partial charge on any atom is 0.327 e. The van der Waals surface area contributed by atoms with Crippen LogP contribution in [0, 0.1) is 28.1 Å². The summed E-state index contributed by atoms with van der Waals surface area (Å²) in [4.78, 5) is 269. The summed E-state index contributed by atoms with van der Waals surface area (Å²) >= 11 is 3.88. The molecule has 18 amide bonds. The number of carboxylic acids is 2. The first-order valence-corrected chi connectivity index (χ1v) is 38.7. The van der Waals surface area contributed by atoms with Gasteiger partial charge in [0.1, 0.15) is 84.6 Å². The van der Waals surface area contributed by atoms with Crippen LogP contribution in [-0.4, -0.2) is 285 Å². The van der Waals surface area contributed by atoms with Crippen molar-refractivity contribution in [3.8, 4) is 0 Å². The number of carbonyl (C=O) groups is 20. The number of thiol groups is 1. The second-order valence-corrected chi connectivity index (χ2v) is 29.3. The van der Waals surface area contributed by atoms with Crippen LogP contribution in [0.1, 0.15) is 145 Å². The highest BCUT2D eigenvalue weighted by Gasteiger charge is 2.43. The van der Waals surface area contributed by atoms with Gasteiger partial charge >= 0.3 is 11.9 Å². The molecule has 51 nitrogen and oxygen atoms in total. The van der Waals surface area contributed by atoms with Crippen LogP contribution in [0.4, 0.5) is 0 Å². The number of aliphatic hydroxyl groups is 1. The smallest absolute Gasteiger partial charge is 0.327 e. The van der Waals surface area contributed by atoms with Crippen LogP contribution in [-0.2, 0) is 95.9 Å². The number of aliphatic hydroxyl groups excluding tert-OH is 1. The Morgan fingerprint density at radius 1 is 0.408 bits per heavy atom. The quantitative estimate of drug-likeness (QED) is 0.0116. The number of hydrogen-bond acceptors (Lipinski definition) is 26. The lowest BCUT2D eigenvalue weighted by atomic mass is 10.0. The molecule has 16 atom stereocenters. The highest BCUT2D eigenvalue weighted by atomic mass is 32.1. The first-order valence-electron chi connectivity index (χ1n) is 38.0. The van der Waals surface area contributed by atoms with E-state index in [9.17, 15) is 111 Å². The number of aliphatic carboxylic acids is 2. The van der Waals surface area contributed by atoms with E-state index in [1.54, 1.807) is 13.8 Å². The van der Waals surface area contributed by atoms with E-state index in [0.29, 0.717) is 0 Å². The Balaban J connectivity index is 3.60. The minimum Gasteiger partial charge on any atom is -0.481 e. The zero-order valence-electron chi connectivity index (χ0n) is 67.6. The molecule has 0 unspecified atom stereocenters. The summed E-state index contributed by atoms with van der Waals surface area (Å²) in [6.45, 7) is 9.22. The van der Waals surface area contributed by atoms with Gasteiger partial charge in [-0.3, -0.25) is 107 Å². The second kappa shape index (κ2) is 53.0. The molecule has 0 aromatic heterocycles. The fourth-order valence-corrected chi connectivity index (χ4v) is 11.7. The zero-order valence-corrected chi connectivity index (χ0v) is 68.4. The Hall–Kier alpha value is -12.5. The molecule has 52 heteroatoms. The van der Waals surface area contributed by atoms with E-state index in [1.165, 1.54) is 13.8 Å². The highest BCUT2D eigenvalue weighted by Crippen LogP contribution is 2.21. The van der Waals surface area contributed by atoms with Crippen LogP contribution in [0.5, 0.6) is 0 Å². The minimum atomic E-state index is -2.05. The summed E-state index contributed by atoms with van der Waals surface area (Å²) in [5.41, 5.74) is 43.7. The topological polar surface area (TPSA) is 878 Å². The molecule has 0 bridgehead atoms. The number of nitrogens with two attached hydrogens (primary N) is 8. The van der Waals surface area contributed by atoms with Crippen molar-refractivity contribution in [3.05, 3.63) is 0 Å². The third-order valence-corrected chi connectivity index (χ3v) is 18.2. The number of rotatable bonds is 56. The Bertz CT molecular complexity index is 3710. The van der Waals surface area contributed by atoms with Crippen LogP contribution in [0.3, 0.4) is 0 Å². The Morgan fingerprint density at radius 2 is 0.758 bits per heavy atom. The highest BCUT2D eigenvalue weighted by molar-refractivity contribution is 7.80. The van der Waals surface area contributed by atoms with Gasteiger partial charge in [0.2, 0.25) is 106 Å². The molecule has 1 heterocycles. The number of nitrogens with zero attached hydrogens (tertiary/aromatic N) is 1. The molecule has 0 aromatic carbocycles. The summed E-state index contributed by atoms with van der Waals surface area (Å²) in [6.07, 6.45) is -7.61. The van der Waals surface area contributed by atoms with Gasteiger partial charge in [-0.2, -0.15) is 12.6 Å². The monoisotopic (exact) mass is 1730 g/mol. The van der Waals surface area contributed by atoms with E-state index >= 15 is 0 Å². The van der Waals surface area contributed by atoms with Gasteiger partial charge in [0.15, 0.2) is 17.9 Å². The van der Waals surface area contributed by atoms with Crippen LogP contribution in [0.25, 0.3) is 0 Å². The molecule has 120 heavy (non-hydrogen) atoms. The van der Waals surface area contributed by atoms with Gasteiger partial charge in [-0.25, -0.2) is 4.79 Å². The molecule has 1 aliphatic rings. The van der Waals surface area contributed by atoms with Gasteiger partial charge in [0.05, 0.1) is 37.8 Å².